The Bertz CT molecular complexity index is 441. The number of nitrogens with one attached hydrogen (secondary N) is 2. The molecule has 0 radical (unpaired) electrons. The van der Waals surface area contributed by atoms with Crippen LogP contribution in [-0.4, -0.2) is 61.8 Å². The van der Waals surface area contributed by atoms with Crippen LogP contribution in [0.3, 0.4) is 0 Å². The molecule has 1 heterocycles. The molecule has 0 bridgehead atoms. The first-order valence-corrected chi connectivity index (χ1v) is 10.1. The summed E-state index contributed by atoms with van der Waals surface area (Å²) in [6.45, 7) is 11.6. The Kier molecular flexibility index (Phi) is 8.27. The van der Waals surface area contributed by atoms with Gasteiger partial charge in [-0.2, -0.15) is 0 Å². The van der Waals surface area contributed by atoms with Gasteiger partial charge in [-0.15, -0.1) is 24.0 Å². The molecule has 5 nitrogen and oxygen atoms in total. The Balaban J connectivity index is 0.00000225. The molecule has 0 aromatic carbocycles. The van der Waals surface area contributed by atoms with E-state index >= 15 is 0 Å². The van der Waals surface area contributed by atoms with Gasteiger partial charge in [-0.1, -0.05) is 13.3 Å². The summed E-state index contributed by atoms with van der Waals surface area (Å²) in [5, 5.41) is 7.18. The number of nitrogens with zero attached hydrogens (tertiary/aromatic N) is 2. The van der Waals surface area contributed by atoms with Crippen LogP contribution in [0.4, 0.5) is 0 Å². The standard InChI is InChI=1S/C19H36N4O.HI/c1-4-20-18(21-14-15-9-7-12-23(15)5-2)22-16-13-17(24-6-3)19(16)10-8-11-19;/h15-17H,4-14H2,1-3H3,(H2,20,21,22);1H. The lowest BCUT2D eigenvalue weighted by molar-refractivity contribution is -0.168. The van der Waals surface area contributed by atoms with Crippen LogP contribution >= 0.6 is 24.0 Å². The second kappa shape index (κ2) is 9.74. The molecule has 146 valence electrons. The van der Waals surface area contributed by atoms with E-state index in [0.29, 0.717) is 23.6 Å². The van der Waals surface area contributed by atoms with Gasteiger partial charge in [0.1, 0.15) is 0 Å². The van der Waals surface area contributed by atoms with Crippen LogP contribution in [0.15, 0.2) is 4.99 Å². The van der Waals surface area contributed by atoms with E-state index in [2.05, 4.69) is 36.3 Å². The molecule has 3 rings (SSSR count). The molecule has 2 aliphatic carbocycles. The Labute approximate surface area is 170 Å². The summed E-state index contributed by atoms with van der Waals surface area (Å²) in [4.78, 5) is 7.49. The molecule has 3 aliphatic rings. The molecule has 0 aromatic heterocycles. The third kappa shape index (κ3) is 4.43. The molecule has 1 saturated heterocycles. The number of guanidine groups is 1. The summed E-state index contributed by atoms with van der Waals surface area (Å²) in [7, 11) is 0. The monoisotopic (exact) mass is 464 g/mol. The number of likely N-dealkylation sites (tertiary alicyclic amines) is 1. The smallest absolute Gasteiger partial charge is 0.191 e. The average Bonchev–Trinajstić information content (AvgIpc) is 2.97. The summed E-state index contributed by atoms with van der Waals surface area (Å²) in [6, 6.07) is 1.16. The van der Waals surface area contributed by atoms with Gasteiger partial charge in [0.15, 0.2) is 5.96 Å². The Morgan fingerprint density at radius 1 is 1.24 bits per heavy atom. The van der Waals surface area contributed by atoms with E-state index in [1.165, 1.54) is 38.6 Å². The minimum Gasteiger partial charge on any atom is -0.378 e. The lowest BCUT2D eigenvalue weighted by Gasteiger charge is -2.61. The summed E-state index contributed by atoms with van der Waals surface area (Å²) in [5.41, 5.74) is 0.384. The zero-order valence-electron chi connectivity index (χ0n) is 16.2. The van der Waals surface area contributed by atoms with Gasteiger partial charge < -0.3 is 15.4 Å². The average molecular weight is 464 g/mol. The molecule has 0 amide bonds. The number of ether oxygens (including phenoxy) is 1. The van der Waals surface area contributed by atoms with Crippen molar-refractivity contribution in [3.05, 3.63) is 0 Å². The zero-order valence-corrected chi connectivity index (χ0v) is 18.6. The first kappa shape index (κ1) is 21.2. The molecule has 2 saturated carbocycles. The van der Waals surface area contributed by atoms with Gasteiger partial charge in [-0.05, 0) is 59.0 Å². The highest BCUT2D eigenvalue weighted by Gasteiger charge is 2.59. The van der Waals surface area contributed by atoms with Crippen molar-refractivity contribution in [2.45, 2.75) is 77.5 Å². The van der Waals surface area contributed by atoms with E-state index in [1.807, 2.05) is 0 Å². The normalized spacial score (nSPS) is 31.2. The van der Waals surface area contributed by atoms with E-state index in [4.69, 9.17) is 9.73 Å². The van der Waals surface area contributed by atoms with Crippen LogP contribution in [0.2, 0.25) is 0 Å². The summed E-state index contributed by atoms with van der Waals surface area (Å²) >= 11 is 0. The number of rotatable bonds is 7. The van der Waals surface area contributed by atoms with Crippen LogP contribution in [0.5, 0.6) is 0 Å². The quantitative estimate of drug-likeness (QED) is 0.346. The fraction of sp³-hybridized carbons (Fsp3) is 0.947. The van der Waals surface area contributed by atoms with E-state index in [0.717, 1.165) is 38.6 Å². The topological polar surface area (TPSA) is 48.9 Å². The molecule has 1 aliphatic heterocycles. The predicted octanol–water partition coefficient (Wildman–Crippen LogP) is 2.99. The number of hydrogen-bond acceptors (Lipinski definition) is 3. The van der Waals surface area contributed by atoms with Crippen molar-refractivity contribution in [3.63, 3.8) is 0 Å². The highest BCUT2D eigenvalue weighted by atomic mass is 127. The van der Waals surface area contributed by atoms with Gasteiger partial charge in [-0.3, -0.25) is 9.89 Å². The first-order valence-electron chi connectivity index (χ1n) is 10.1. The van der Waals surface area contributed by atoms with Crippen molar-refractivity contribution in [2.75, 3.05) is 32.8 Å². The Morgan fingerprint density at radius 2 is 2.04 bits per heavy atom. The zero-order chi connectivity index (χ0) is 17.0. The lowest BCUT2D eigenvalue weighted by Crippen LogP contribution is -2.68. The van der Waals surface area contributed by atoms with Crippen molar-refractivity contribution in [2.24, 2.45) is 10.4 Å². The van der Waals surface area contributed by atoms with Crippen molar-refractivity contribution in [1.82, 2.24) is 15.5 Å². The maximum absolute atomic E-state index is 5.97. The van der Waals surface area contributed by atoms with Gasteiger partial charge in [-0.25, -0.2) is 0 Å². The number of likely N-dealkylation sites (N-methyl/N-ethyl adjacent to an activating group) is 1. The minimum absolute atomic E-state index is 0. The predicted molar refractivity (Wildman–Crippen MR) is 115 cm³/mol. The first-order chi connectivity index (χ1) is 11.7. The molecule has 25 heavy (non-hydrogen) atoms. The molecule has 3 fully saturated rings. The minimum atomic E-state index is 0. The third-order valence-electron chi connectivity index (χ3n) is 6.46. The van der Waals surface area contributed by atoms with E-state index in [-0.39, 0.29) is 24.0 Å². The highest BCUT2D eigenvalue weighted by Crippen LogP contribution is 2.57. The van der Waals surface area contributed by atoms with Crippen LogP contribution in [0, 0.1) is 5.41 Å². The molecular weight excluding hydrogens is 427 g/mol. The van der Waals surface area contributed by atoms with E-state index in [9.17, 15) is 0 Å². The fourth-order valence-electron chi connectivity index (χ4n) is 4.84. The van der Waals surface area contributed by atoms with Crippen molar-refractivity contribution < 1.29 is 4.74 Å². The van der Waals surface area contributed by atoms with Gasteiger partial charge >= 0.3 is 0 Å². The van der Waals surface area contributed by atoms with Gasteiger partial charge in [0.05, 0.1) is 12.6 Å². The molecular formula is C19H37IN4O. The van der Waals surface area contributed by atoms with Gasteiger partial charge in [0, 0.05) is 30.7 Å². The molecule has 6 heteroatoms. The molecule has 0 aromatic rings. The summed E-state index contributed by atoms with van der Waals surface area (Å²) in [5.74, 6) is 1.01. The fourth-order valence-corrected chi connectivity index (χ4v) is 4.84. The number of hydrogen-bond donors (Lipinski definition) is 2. The third-order valence-corrected chi connectivity index (χ3v) is 6.46. The second-order valence-electron chi connectivity index (χ2n) is 7.61. The van der Waals surface area contributed by atoms with Crippen LogP contribution < -0.4 is 10.6 Å². The number of aliphatic imine (C=N–C) groups is 1. The maximum atomic E-state index is 5.97. The summed E-state index contributed by atoms with van der Waals surface area (Å²) < 4.78 is 5.97. The van der Waals surface area contributed by atoms with Crippen LogP contribution in [-0.2, 0) is 4.74 Å². The summed E-state index contributed by atoms with van der Waals surface area (Å²) in [6.07, 6.45) is 8.16. The molecule has 3 atom stereocenters. The number of halogens is 1. The second-order valence-corrected chi connectivity index (χ2v) is 7.61. The largest absolute Gasteiger partial charge is 0.378 e. The van der Waals surface area contributed by atoms with Crippen molar-refractivity contribution in [1.29, 1.82) is 0 Å². The van der Waals surface area contributed by atoms with Crippen LogP contribution in [0.25, 0.3) is 0 Å². The van der Waals surface area contributed by atoms with E-state index in [1.54, 1.807) is 0 Å². The Morgan fingerprint density at radius 3 is 2.64 bits per heavy atom. The molecule has 1 spiro atoms. The van der Waals surface area contributed by atoms with Crippen LogP contribution in [0.1, 0.15) is 59.3 Å². The van der Waals surface area contributed by atoms with Gasteiger partial charge in [0.2, 0.25) is 0 Å². The SMILES string of the molecule is CCNC(=NCC1CCCN1CC)NC1CC(OCC)C12CCC2.I. The maximum Gasteiger partial charge on any atom is 0.191 e. The Hall–Kier alpha value is -0.0800. The highest BCUT2D eigenvalue weighted by molar-refractivity contribution is 14.0. The van der Waals surface area contributed by atoms with Crippen molar-refractivity contribution in [3.8, 4) is 0 Å². The molecule has 2 N–H and O–H groups in total. The van der Waals surface area contributed by atoms with Gasteiger partial charge in [0.25, 0.3) is 0 Å². The lowest BCUT2D eigenvalue weighted by atomic mass is 9.51. The van der Waals surface area contributed by atoms with Crippen molar-refractivity contribution >= 4 is 29.9 Å². The van der Waals surface area contributed by atoms with E-state index < -0.39 is 0 Å². The molecule has 3 unspecified atom stereocenters.